The molecule has 86 valence electrons. The van der Waals surface area contributed by atoms with Crippen LogP contribution in [0.4, 0.5) is 0 Å². The van der Waals surface area contributed by atoms with Crippen molar-refractivity contribution in [1.82, 2.24) is 25.0 Å². The molecule has 0 aromatic carbocycles. The summed E-state index contributed by atoms with van der Waals surface area (Å²) in [6, 6.07) is 1.96. The molecule has 0 saturated heterocycles. The highest BCUT2D eigenvalue weighted by atomic mass is 32.1. The zero-order chi connectivity index (χ0) is 11.7. The minimum Gasteiger partial charge on any atom is -0.325 e. The van der Waals surface area contributed by atoms with Crippen LogP contribution in [0.15, 0.2) is 24.7 Å². The van der Waals surface area contributed by atoms with Gasteiger partial charge in [0.05, 0.1) is 34.8 Å². The van der Waals surface area contributed by atoms with Crippen molar-refractivity contribution in [3.05, 3.63) is 35.4 Å². The first-order valence-corrected chi connectivity index (χ1v) is 5.95. The van der Waals surface area contributed by atoms with Gasteiger partial charge in [-0.05, 0) is 6.07 Å². The van der Waals surface area contributed by atoms with Crippen LogP contribution in [0.2, 0.25) is 0 Å². The summed E-state index contributed by atoms with van der Waals surface area (Å²) in [7, 11) is 0. The Hall–Kier alpha value is -1.86. The van der Waals surface area contributed by atoms with E-state index in [1.807, 2.05) is 12.3 Å². The van der Waals surface area contributed by atoms with Crippen molar-refractivity contribution < 1.29 is 0 Å². The normalized spacial score (nSPS) is 11.1. The quantitative estimate of drug-likeness (QED) is 0.738. The first-order chi connectivity index (χ1) is 8.35. The van der Waals surface area contributed by atoms with E-state index in [0.29, 0.717) is 13.1 Å². The van der Waals surface area contributed by atoms with Gasteiger partial charge in [-0.1, -0.05) is 5.21 Å². The first kappa shape index (κ1) is 10.3. The molecule has 6 nitrogen and oxygen atoms in total. The summed E-state index contributed by atoms with van der Waals surface area (Å²) in [5.74, 6) is 0. The number of nitrogens with two attached hydrogens (primary N) is 1. The zero-order valence-corrected chi connectivity index (χ0v) is 9.76. The molecule has 0 fully saturated rings. The molecule has 0 amide bonds. The van der Waals surface area contributed by atoms with Crippen LogP contribution in [-0.4, -0.2) is 25.0 Å². The van der Waals surface area contributed by atoms with Gasteiger partial charge in [0.15, 0.2) is 0 Å². The van der Waals surface area contributed by atoms with E-state index in [0.717, 1.165) is 20.9 Å². The van der Waals surface area contributed by atoms with Crippen LogP contribution in [0.1, 0.15) is 10.7 Å². The molecule has 2 N–H and O–H groups in total. The molecule has 17 heavy (non-hydrogen) atoms. The Kier molecular flexibility index (Phi) is 2.54. The number of nitrogens with zero attached hydrogens (tertiary/aromatic N) is 5. The van der Waals surface area contributed by atoms with E-state index in [1.54, 1.807) is 28.4 Å². The van der Waals surface area contributed by atoms with Crippen LogP contribution in [0.3, 0.4) is 0 Å². The van der Waals surface area contributed by atoms with Crippen molar-refractivity contribution >= 4 is 21.6 Å². The molecule has 3 heterocycles. The van der Waals surface area contributed by atoms with E-state index >= 15 is 0 Å². The highest BCUT2D eigenvalue weighted by Crippen LogP contribution is 2.21. The van der Waals surface area contributed by atoms with Crippen molar-refractivity contribution in [2.75, 3.05) is 0 Å². The van der Waals surface area contributed by atoms with E-state index < -0.39 is 0 Å². The summed E-state index contributed by atoms with van der Waals surface area (Å²) in [6.07, 6.45) is 5.37. The second kappa shape index (κ2) is 4.19. The summed E-state index contributed by atoms with van der Waals surface area (Å²) >= 11 is 1.64. The van der Waals surface area contributed by atoms with Crippen molar-refractivity contribution in [2.45, 2.75) is 13.1 Å². The Bertz CT molecular complexity index is 610. The van der Waals surface area contributed by atoms with E-state index in [9.17, 15) is 0 Å². The maximum Gasteiger partial charge on any atom is 0.116 e. The lowest BCUT2D eigenvalue weighted by atomic mass is 10.4. The Balaban J connectivity index is 1.89. The number of thiazole rings is 1. The average molecular weight is 246 g/mol. The highest BCUT2D eigenvalue weighted by Gasteiger charge is 2.05. The van der Waals surface area contributed by atoms with Gasteiger partial charge >= 0.3 is 0 Å². The number of hydrogen-bond donors (Lipinski definition) is 1. The maximum absolute atomic E-state index is 5.48. The average Bonchev–Trinajstić information content (AvgIpc) is 2.94. The fourth-order valence-corrected chi connectivity index (χ4v) is 2.47. The fourth-order valence-electron chi connectivity index (χ4n) is 1.54. The van der Waals surface area contributed by atoms with Gasteiger partial charge in [0, 0.05) is 12.7 Å². The van der Waals surface area contributed by atoms with Crippen LogP contribution in [0.25, 0.3) is 10.2 Å². The molecule has 0 unspecified atom stereocenters. The fraction of sp³-hybridized carbons (Fsp3) is 0.200. The molecule has 0 aliphatic rings. The Morgan fingerprint density at radius 3 is 3.12 bits per heavy atom. The van der Waals surface area contributed by atoms with E-state index in [4.69, 9.17) is 5.73 Å². The summed E-state index contributed by atoms with van der Waals surface area (Å²) in [5, 5.41) is 8.91. The van der Waals surface area contributed by atoms with E-state index in [-0.39, 0.29) is 0 Å². The summed E-state index contributed by atoms with van der Waals surface area (Å²) < 4.78 is 2.88. The number of aromatic nitrogens is 5. The van der Waals surface area contributed by atoms with Gasteiger partial charge in [-0.3, -0.25) is 4.98 Å². The lowest BCUT2D eigenvalue weighted by Gasteiger charge is -1.93. The SMILES string of the molecule is NCc1cn(Cc2nc3cnccc3s2)nn1. The van der Waals surface area contributed by atoms with Crippen LogP contribution in [0.5, 0.6) is 0 Å². The second-order valence-electron chi connectivity index (χ2n) is 3.56. The maximum atomic E-state index is 5.48. The number of fused-ring (bicyclic) bond motifs is 1. The third kappa shape index (κ3) is 2.02. The summed E-state index contributed by atoms with van der Waals surface area (Å²) in [4.78, 5) is 8.52. The Morgan fingerprint density at radius 2 is 2.35 bits per heavy atom. The van der Waals surface area contributed by atoms with Crippen LogP contribution in [-0.2, 0) is 13.1 Å². The largest absolute Gasteiger partial charge is 0.325 e. The molecule has 0 atom stereocenters. The van der Waals surface area contributed by atoms with E-state index in [1.165, 1.54) is 0 Å². The standard InChI is InChI=1S/C10H10N6S/c11-3-7-5-16(15-14-7)6-10-13-8-4-12-2-1-9(8)17-10/h1-2,4-5H,3,6,11H2. The molecule has 0 bridgehead atoms. The lowest BCUT2D eigenvalue weighted by molar-refractivity contribution is 0.647. The van der Waals surface area contributed by atoms with Crippen molar-refractivity contribution in [3.8, 4) is 0 Å². The second-order valence-corrected chi connectivity index (χ2v) is 4.68. The number of rotatable bonds is 3. The van der Waals surface area contributed by atoms with Crippen LogP contribution in [0, 0.1) is 0 Å². The van der Waals surface area contributed by atoms with Crippen molar-refractivity contribution in [3.63, 3.8) is 0 Å². The molecule has 0 aliphatic heterocycles. The molecule has 7 heteroatoms. The molecule has 0 radical (unpaired) electrons. The molecule has 3 aromatic rings. The van der Waals surface area contributed by atoms with Gasteiger partial charge in [0.1, 0.15) is 5.01 Å². The predicted molar refractivity (Wildman–Crippen MR) is 64.4 cm³/mol. The van der Waals surface area contributed by atoms with E-state index in [2.05, 4.69) is 20.3 Å². The van der Waals surface area contributed by atoms with Gasteiger partial charge in [0.25, 0.3) is 0 Å². The third-order valence-electron chi connectivity index (χ3n) is 2.33. The lowest BCUT2D eigenvalue weighted by Crippen LogP contribution is -1.99. The van der Waals surface area contributed by atoms with Gasteiger partial charge in [-0.25, -0.2) is 9.67 Å². The van der Waals surface area contributed by atoms with Gasteiger partial charge in [-0.15, -0.1) is 16.4 Å². The smallest absolute Gasteiger partial charge is 0.116 e. The zero-order valence-electron chi connectivity index (χ0n) is 8.95. The molecule has 3 aromatic heterocycles. The highest BCUT2D eigenvalue weighted by molar-refractivity contribution is 7.18. The topological polar surface area (TPSA) is 82.5 Å². The first-order valence-electron chi connectivity index (χ1n) is 5.13. The predicted octanol–water partition coefficient (Wildman–Crippen LogP) is 0.790. The van der Waals surface area contributed by atoms with Gasteiger partial charge < -0.3 is 5.73 Å². The van der Waals surface area contributed by atoms with Gasteiger partial charge in [-0.2, -0.15) is 0 Å². The number of pyridine rings is 1. The molecular weight excluding hydrogens is 236 g/mol. The van der Waals surface area contributed by atoms with Crippen molar-refractivity contribution in [2.24, 2.45) is 5.73 Å². The Morgan fingerprint density at radius 1 is 1.41 bits per heavy atom. The minimum absolute atomic E-state index is 0.407. The van der Waals surface area contributed by atoms with Crippen molar-refractivity contribution in [1.29, 1.82) is 0 Å². The molecule has 0 aliphatic carbocycles. The molecule has 3 rings (SSSR count). The molecular formula is C10H10N6S. The van der Waals surface area contributed by atoms with Crippen LogP contribution < -0.4 is 5.73 Å². The summed E-state index contributed by atoms with van der Waals surface area (Å²) in [5.41, 5.74) is 7.19. The number of hydrogen-bond acceptors (Lipinski definition) is 6. The van der Waals surface area contributed by atoms with Crippen LogP contribution >= 0.6 is 11.3 Å². The summed E-state index contributed by atoms with van der Waals surface area (Å²) in [6.45, 7) is 1.02. The minimum atomic E-state index is 0.407. The third-order valence-corrected chi connectivity index (χ3v) is 3.35. The Labute approximate surface area is 101 Å². The molecule has 0 saturated carbocycles. The van der Waals surface area contributed by atoms with Gasteiger partial charge in [0.2, 0.25) is 0 Å². The monoisotopic (exact) mass is 246 g/mol. The molecule has 0 spiro atoms.